The zero-order chi connectivity index (χ0) is 15.2. The SMILES string of the molecule is CC1C(=O)N2[C@@H]1O/C(=C\CO)[C@]2(C(=O)O)C(=O)C(Cl)Cl. The Balaban J connectivity index is 2.61. The lowest BCUT2D eigenvalue weighted by Gasteiger charge is -2.43. The first-order chi connectivity index (χ1) is 9.29. The molecule has 0 aromatic carbocycles. The van der Waals surface area contributed by atoms with Crippen LogP contribution in [0.4, 0.5) is 0 Å². The van der Waals surface area contributed by atoms with Gasteiger partial charge in [0.15, 0.2) is 11.1 Å². The van der Waals surface area contributed by atoms with E-state index in [1.807, 2.05) is 0 Å². The summed E-state index contributed by atoms with van der Waals surface area (Å²) < 4.78 is 5.32. The van der Waals surface area contributed by atoms with E-state index in [0.29, 0.717) is 0 Å². The van der Waals surface area contributed by atoms with Crippen LogP contribution in [0.2, 0.25) is 0 Å². The maximum absolute atomic E-state index is 12.2. The predicted octanol–water partition coefficient (Wildman–Crippen LogP) is -0.107. The number of carboxylic acids is 1. The number of ether oxygens (including phenoxy) is 1. The Morgan fingerprint density at radius 2 is 2.15 bits per heavy atom. The Labute approximate surface area is 123 Å². The van der Waals surface area contributed by atoms with Crippen LogP contribution in [0, 0.1) is 5.92 Å². The van der Waals surface area contributed by atoms with E-state index in [9.17, 15) is 19.5 Å². The molecule has 0 aromatic rings. The monoisotopic (exact) mass is 323 g/mol. The molecule has 0 aliphatic carbocycles. The molecule has 2 aliphatic rings. The molecule has 2 rings (SSSR count). The number of carbonyl (C=O) groups excluding carboxylic acids is 2. The number of nitrogens with zero attached hydrogens (tertiary/aromatic N) is 1. The number of aliphatic carboxylic acids is 1. The first-order valence-electron chi connectivity index (χ1n) is 5.67. The van der Waals surface area contributed by atoms with Crippen molar-refractivity contribution in [1.29, 1.82) is 0 Å². The molecule has 2 aliphatic heterocycles. The normalized spacial score (nSPS) is 34.0. The lowest BCUT2D eigenvalue weighted by molar-refractivity contribution is -0.182. The molecule has 0 radical (unpaired) electrons. The predicted molar refractivity (Wildman–Crippen MR) is 66.9 cm³/mol. The van der Waals surface area contributed by atoms with Crippen LogP contribution in [0.1, 0.15) is 6.92 Å². The number of hydrogen-bond acceptors (Lipinski definition) is 5. The number of aliphatic hydroxyl groups is 1. The molecule has 0 aromatic heterocycles. The molecule has 7 nitrogen and oxygen atoms in total. The number of halogens is 2. The molecule has 2 heterocycles. The minimum absolute atomic E-state index is 0.341. The van der Waals surface area contributed by atoms with Gasteiger partial charge in [-0.15, -0.1) is 0 Å². The summed E-state index contributed by atoms with van der Waals surface area (Å²) in [5.74, 6) is -4.21. The molecule has 0 saturated carbocycles. The topological polar surface area (TPSA) is 104 Å². The number of β-lactam (4-membered cyclic amide) rings is 1. The lowest BCUT2D eigenvalue weighted by atomic mass is 9.85. The molecule has 0 spiro atoms. The van der Waals surface area contributed by atoms with Crippen LogP contribution in [0.3, 0.4) is 0 Å². The fraction of sp³-hybridized carbons (Fsp3) is 0.545. The van der Waals surface area contributed by atoms with E-state index < -0.39 is 46.8 Å². The molecule has 0 bridgehead atoms. The number of carbonyl (C=O) groups is 3. The maximum Gasteiger partial charge on any atom is 0.345 e. The van der Waals surface area contributed by atoms with E-state index in [1.165, 1.54) is 0 Å². The smallest absolute Gasteiger partial charge is 0.345 e. The van der Waals surface area contributed by atoms with Crippen LogP contribution >= 0.6 is 23.2 Å². The molecule has 20 heavy (non-hydrogen) atoms. The second-order valence-electron chi connectivity index (χ2n) is 4.44. The number of fused-ring (bicyclic) bond motifs is 1. The molecule has 3 atom stereocenters. The Kier molecular flexibility index (Phi) is 3.70. The van der Waals surface area contributed by atoms with Gasteiger partial charge in [0.2, 0.25) is 11.7 Å². The van der Waals surface area contributed by atoms with Gasteiger partial charge in [0, 0.05) is 0 Å². The number of hydrogen-bond donors (Lipinski definition) is 2. The maximum atomic E-state index is 12.2. The van der Waals surface area contributed by atoms with Crippen LogP contribution in [-0.2, 0) is 19.1 Å². The largest absolute Gasteiger partial charge is 0.479 e. The van der Waals surface area contributed by atoms with Crippen molar-refractivity contribution in [3.8, 4) is 0 Å². The standard InChI is InChI=1S/C11H11Cl2NO6/c1-4-8(17)14-9(4)20-5(2-3-15)11(14,10(18)19)6(16)7(12)13/h2,4,7,9,15H,3H2,1H3,(H,18,19)/b5-2-/t4?,9-,11-/m1/s1. The highest BCUT2D eigenvalue weighted by Crippen LogP contribution is 2.48. The number of carboxylic acid groups (broad SMARTS) is 1. The average Bonchev–Trinajstić information content (AvgIpc) is 2.70. The van der Waals surface area contributed by atoms with Crippen molar-refractivity contribution in [2.75, 3.05) is 6.61 Å². The summed E-state index contributed by atoms with van der Waals surface area (Å²) in [5, 5.41) is 18.4. The lowest BCUT2D eigenvalue weighted by Crippen LogP contribution is -2.70. The van der Waals surface area contributed by atoms with Gasteiger partial charge in [0.1, 0.15) is 5.76 Å². The third-order valence-corrected chi connectivity index (χ3v) is 3.81. The van der Waals surface area contributed by atoms with E-state index in [1.54, 1.807) is 6.92 Å². The van der Waals surface area contributed by atoms with Gasteiger partial charge in [0.05, 0.1) is 12.5 Å². The van der Waals surface area contributed by atoms with E-state index >= 15 is 0 Å². The second kappa shape index (κ2) is 4.91. The van der Waals surface area contributed by atoms with E-state index in [2.05, 4.69) is 0 Å². The molecule has 1 amide bonds. The van der Waals surface area contributed by atoms with Gasteiger partial charge in [-0.3, -0.25) is 14.5 Å². The first kappa shape index (κ1) is 15.1. The number of aliphatic hydroxyl groups excluding tert-OH is 1. The molecule has 1 unspecified atom stereocenters. The van der Waals surface area contributed by atoms with E-state index in [-0.39, 0.29) is 5.76 Å². The van der Waals surface area contributed by atoms with Gasteiger partial charge in [-0.1, -0.05) is 23.2 Å². The molecular formula is C11H11Cl2NO6. The van der Waals surface area contributed by atoms with Crippen molar-refractivity contribution < 1.29 is 29.3 Å². The van der Waals surface area contributed by atoms with Crippen LogP contribution in [-0.4, -0.2) is 56.0 Å². The van der Waals surface area contributed by atoms with Crippen LogP contribution in [0.25, 0.3) is 0 Å². The van der Waals surface area contributed by atoms with Crippen molar-refractivity contribution in [2.24, 2.45) is 5.92 Å². The summed E-state index contributed by atoms with van der Waals surface area (Å²) in [5.41, 5.74) is -2.41. The van der Waals surface area contributed by atoms with Gasteiger partial charge in [0.25, 0.3) is 5.54 Å². The minimum atomic E-state index is -2.41. The highest BCUT2D eigenvalue weighted by Gasteiger charge is 2.72. The van der Waals surface area contributed by atoms with Crippen LogP contribution in [0.15, 0.2) is 11.8 Å². The second-order valence-corrected chi connectivity index (χ2v) is 5.53. The molecular weight excluding hydrogens is 313 g/mol. The Morgan fingerprint density at radius 1 is 1.55 bits per heavy atom. The Bertz CT molecular complexity index is 519. The van der Waals surface area contributed by atoms with Gasteiger partial charge in [-0.05, 0) is 13.0 Å². The molecule has 2 saturated heterocycles. The fourth-order valence-electron chi connectivity index (χ4n) is 2.44. The number of alkyl halides is 2. The van der Waals surface area contributed by atoms with Crippen molar-refractivity contribution in [3.05, 3.63) is 11.8 Å². The van der Waals surface area contributed by atoms with Crippen molar-refractivity contribution in [3.63, 3.8) is 0 Å². The van der Waals surface area contributed by atoms with Crippen molar-refractivity contribution in [2.45, 2.75) is 23.5 Å². The molecule has 2 fully saturated rings. The quantitative estimate of drug-likeness (QED) is 0.425. The number of Topliss-reactive ketones (excluding diaryl/α,β-unsaturated/α-hetero) is 1. The summed E-state index contributed by atoms with van der Waals surface area (Å²) in [7, 11) is 0. The van der Waals surface area contributed by atoms with Crippen molar-refractivity contribution >= 4 is 40.9 Å². The van der Waals surface area contributed by atoms with Crippen molar-refractivity contribution in [1.82, 2.24) is 4.90 Å². The van der Waals surface area contributed by atoms with Gasteiger partial charge < -0.3 is 14.9 Å². The van der Waals surface area contributed by atoms with Gasteiger partial charge >= 0.3 is 5.97 Å². The van der Waals surface area contributed by atoms with Crippen LogP contribution in [0.5, 0.6) is 0 Å². The number of amides is 1. The number of ketones is 1. The summed E-state index contributed by atoms with van der Waals surface area (Å²) in [6.07, 6.45) is 0.132. The highest BCUT2D eigenvalue weighted by molar-refractivity contribution is 6.56. The summed E-state index contributed by atoms with van der Waals surface area (Å²) in [4.78, 5) is 34.9. The average molecular weight is 324 g/mol. The van der Waals surface area contributed by atoms with E-state index in [4.69, 9.17) is 33.0 Å². The highest BCUT2D eigenvalue weighted by atomic mass is 35.5. The first-order valence-corrected chi connectivity index (χ1v) is 6.54. The van der Waals surface area contributed by atoms with E-state index in [0.717, 1.165) is 11.0 Å². The van der Waals surface area contributed by atoms with Crippen LogP contribution < -0.4 is 0 Å². The number of rotatable bonds is 4. The fourth-order valence-corrected chi connectivity index (χ4v) is 2.76. The minimum Gasteiger partial charge on any atom is -0.479 e. The molecule has 9 heteroatoms. The zero-order valence-electron chi connectivity index (χ0n) is 10.2. The third-order valence-electron chi connectivity index (χ3n) is 3.42. The summed E-state index contributed by atoms with van der Waals surface area (Å²) in [6.45, 7) is 0.983. The van der Waals surface area contributed by atoms with Gasteiger partial charge in [-0.2, -0.15) is 0 Å². The third kappa shape index (κ3) is 1.66. The molecule has 2 N–H and O–H groups in total. The Morgan fingerprint density at radius 3 is 2.60 bits per heavy atom. The summed E-state index contributed by atoms with van der Waals surface area (Å²) in [6, 6.07) is 0. The molecule has 110 valence electrons. The Hall–Kier alpha value is -1.31. The van der Waals surface area contributed by atoms with Gasteiger partial charge in [-0.25, -0.2) is 4.79 Å². The zero-order valence-corrected chi connectivity index (χ0v) is 11.8. The summed E-state index contributed by atoms with van der Waals surface area (Å²) >= 11 is 11.0.